The molecule has 294 valence electrons. The molecule has 0 aliphatic heterocycles. The molecule has 0 bridgehead atoms. The van der Waals surface area contributed by atoms with Crippen LogP contribution in [0.1, 0.15) is 139 Å². The van der Waals surface area contributed by atoms with E-state index in [1.54, 1.807) is 29.8 Å². The van der Waals surface area contributed by atoms with Crippen LogP contribution >= 0.6 is 20.2 Å². The van der Waals surface area contributed by atoms with Gasteiger partial charge < -0.3 is 29.1 Å². The summed E-state index contributed by atoms with van der Waals surface area (Å²) in [5.41, 5.74) is 9.02. The minimum absolute atomic E-state index is 0.184. The Morgan fingerprint density at radius 1 is 0.868 bits per heavy atom. The van der Waals surface area contributed by atoms with Crippen molar-refractivity contribution in [3.8, 4) is 12.6 Å². The van der Waals surface area contributed by atoms with Crippen LogP contribution in [0.3, 0.4) is 0 Å². The average molecular weight is 773 g/mol. The number of nitrogens with zero attached hydrogens (tertiary/aromatic N) is 5. The smallest absolute Gasteiger partial charge is 0.330 e. The van der Waals surface area contributed by atoms with E-state index in [4.69, 9.17) is 41.1 Å². The number of hydrogen-bond donors (Lipinski definition) is 2. The molecule has 3 aromatic rings. The Balaban J connectivity index is 0.00000477. The van der Waals surface area contributed by atoms with Gasteiger partial charge in [-0.05, 0) is 55.2 Å². The van der Waals surface area contributed by atoms with Crippen LogP contribution < -0.4 is 5.73 Å². The molecule has 2 heterocycles. The molecular formula is C40H62ClN6O5P. The molecule has 3 rings (SSSR count). The number of aryl methyl sites for hydroxylation is 1. The van der Waals surface area contributed by atoms with Crippen LogP contribution in [-0.2, 0) is 31.5 Å². The Hall–Kier alpha value is -2.86. The number of unbranched alkanes of at least 4 members (excludes halogenated alkanes) is 15. The summed E-state index contributed by atoms with van der Waals surface area (Å²) < 4.78 is 25.1. The van der Waals surface area contributed by atoms with Crippen molar-refractivity contribution >= 4 is 31.5 Å². The van der Waals surface area contributed by atoms with Crippen molar-refractivity contribution in [2.24, 2.45) is 0 Å². The fourth-order valence-electron chi connectivity index (χ4n) is 6.25. The number of fused-ring (bicyclic) bond motifs is 1. The third-order valence-electron chi connectivity index (χ3n) is 9.31. The summed E-state index contributed by atoms with van der Waals surface area (Å²) in [7, 11) is -0.498. The van der Waals surface area contributed by atoms with Gasteiger partial charge in [0.25, 0.3) is 0 Å². The van der Waals surface area contributed by atoms with Crippen molar-refractivity contribution in [2.45, 2.75) is 148 Å². The summed E-state index contributed by atoms with van der Waals surface area (Å²) in [4.78, 5) is 14.6. The van der Waals surface area contributed by atoms with Crippen LogP contribution in [0.15, 0.2) is 36.7 Å². The lowest BCUT2D eigenvalue weighted by atomic mass is 10.0. The molecule has 0 aliphatic carbocycles. The van der Waals surface area contributed by atoms with E-state index in [-0.39, 0.29) is 25.4 Å². The first-order valence-corrected chi connectivity index (χ1v) is 20.9. The van der Waals surface area contributed by atoms with Crippen molar-refractivity contribution in [3.63, 3.8) is 0 Å². The van der Waals surface area contributed by atoms with Gasteiger partial charge in [-0.15, -0.1) is 0 Å². The summed E-state index contributed by atoms with van der Waals surface area (Å²) in [6.45, 7) is 6.45. The van der Waals surface area contributed by atoms with Crippen molar-refractivity contribution in [2.75, 3.05) is 26.1 Å². The van der Waals surface area contributed by atoms with E-state index >= 15 is 0 Å². The summed E-state index contributed by atoms with van der Waals surface area (Å²) in [5.74, 6) is 0.433. The van der Waals surface area contributed by atoms with Gasteiger partial charge in [0.2, 0.25) is 0 Å². The molecule has 1 aromatic carbocycles. The molecule has 0 radical (unpaired) electrons. The van der Waals surface area contributed by atoms with Gasteiger partial charge in [0.05, 0.1) is 43.7 Å². The first-order chi connectivity index (χ1) is 25.9. The number of nitriles is 2. The van der Waals surface area contributed by atoms with Gasteiger partial charge in [-0.3, -0.25) is 0 Å². The predicted octanol–water partition coefficient (Wildman–Crippen LogP) is 10.4. The summed E-state index contributed by atoms with van der Waals surface area (Å²) in [6, 6.07) is 11.2. The minimum atomic E-state index is -2.12. The molecule has 11 nitrogen and oxygen atoms in total. The minimum Gasteiger partial charge on any atom is -0.382 e. The van der Waals surface area contributed by atoms with Crippen LogP contribution in [0.25, 0.3) is 5.52 Å². The Kier molecular flexibility index (Phi) is 25.8. The van der Waals surface area contributed by atoms with Crippen molar-refractivity contribution in [1.82, 2.24) is 14.6 Å². The maximum atomic E-state index is 10.6. The maximum absolute atomic E-state index is 10.6. The summed E-state index contributed by atoms with van der Waals surface area (Å²) in [5, 5.41) is 20.6. The quantitative estimate of drug-likeness (QED) is 0.0493. The maximum Gasteiger partial charge on any atom is 0.330 e. The second kappa shape index (κ2) is 29.5. The number of methoxy groups -OCH3 is 1. The third-order valence-corrected chi connectivity index (χ3v) is 10.3. The Labute approximate surface area is 324 Å². The second-order valence-electron chi connectivity index (χ2n) is 13.5. The first-order valence-electron chi connectivity index (χ1n) is 19.3. The third kappa shape index (κ3) is 19.9. The highest BCUT2D eigenvalue weighted by Crippen LogP contribution is 2.34. The fourth-order valence-corrected chi connectivity index (χ4v) is 7.17. The molecule has 0 aliphatic rings. The number of hydrogen-bond acceptors (Lipinski definition) is 10. The number of aromatic nitrogens is 3. The molecule has 0 saturated heterocycles. The highest BCUT2D eigenvalue weighted by molar-refractivity contribution is 7.40. The molecule has 53 heavy (non-hydrogen) atoms. The molecule has 0 spiro atoms. The summed E-state index contributed by atoms with van der Waals surface area (Å²) in [6.07, 6.45) is 24.2. The van der Waals surface area contributed by atoms with Crippen LogP contribution in [0, 0.1) is 23.2 Å². The number of ether oxygens (including phenoxy) is 2. The predicted molar refractivity (Wildman–Crippen MR) is 213 cm³/mol. The second-order valence-corrected chi connectivity index (χ2v) is 14.9. The standard InChI is InChI=1S/C39H61ClN5O5P.CHN/c1-3-4-5-6-7-8-9-10-11-12-13-14-15-16-17-18-19-37(48-28-33-24-32(27-41)25-34(40)26-33)30-50-51(46)49-29-36(47-2)22-20-35-21-23-38-39(42)43-31-44-45(35)38;1-2/h21,23-26,31,36-37,46H,3-20,22,28-30H2,1-2H3,(H2,42,43,44);1H. The monoisotopic (exact) mass is 772 g/mol. The Morgan fingerprint density at radius 3 is 2.04 bits per heavy atom. The summed E-state index contributed by atoms with van der Waals surface area (Å²) >= 11 is 6.21. The van der Waals surface area contributed by atoms with Gasteiger partial charge in [-0.25, -0.2) is 14.8 Å². The fraction of sp³-hybridized carbons (Fsp3) is 0.650. The number of nitrogens with two attached hydrogens (primary N) is 1. The van der Waals surface area contributed by atoms with E-state index in [1.807, 2.05) is 12.1 Å². The highest BCUT2D eigenvalue weighted by Gasteiger charge is 2.18. The zero-order chi connectivity index (χ0) is 38.5. The largest absolute Gasteiger partial charge is 0.382 e. The number of rotatable bonds is 30. The lowest BCUT2D eigenvalue weighted by molar-refractivity contribution is -0.00528. The molecule has 13 heteroatoms. The van der Waals surface area contributed by atoms with Crippen LogP contribution in [0.5, 0.6) is 0 Å². The molecular weight excluding hydrogens is 711 g/mol. The SMILES string of the molecule is C#N.CCCCCCCCCCCCCCCCCCC(COP(O)OCC(CCc1ccc2c(N)ncnn12)OC)OCc1cc(Cl)cc(C#N)c1. The van der Waals surface area contributed by atoms with E-state index < -0.39 is 8.60 Å². The Morgan fingerprint density at radius 2 is 1.45 bits per heavy atom. The number of benzene rings is 1. The highest BCUT2D eigenvalue weighted by atomic mass is 35.5. The van der Waals surface area contributed by atoms with E-state index in [1.165, 1.54) is 96.2 Å². The lowest BCUT2D eigenvalue weighted by Gasteiger charge is -2.21. The van der Waals surface area contributed by atoms with E-state index in [9.17, 15) is 10.2 Å². The number of anilines is 1. The van der Waals surface area contributed by atoms with Gasteiger partial charge in [0.1, 0.15) is 11.8 Å². The van der Waals surface area contributed by atoms with Gasteiger partial charge in [-0.1, -0.05) is 121 Å². The molecule has 3 atom stereocenters. The van der Waals surface area contributed by atoms with E-state index in [2.05, 4.69) is 29.6 Å². The molecule has 3 unspecified atom stereocenters. The van der Waals surface area contributed by atoms with E-state index in [0.717, 1.165) is 36.0 Å². The lowest BCUT2D eigenvalue weighted by Crippen LogP contribution is -2.21. The zero-order valence-corrected chi connectivity index (χ0v) is 33.6. The van der Waals surface area contributed by atoms with Crippen molar-refractivity contribution in [3.05, 3.63) is 58.5 Å². The molecule has 2 aromatic heterocycles. The first kappa shape index (κ1) is 46.3. The normalized spacial score (nSPS) is 12.9. The molecule has 0 saturated carbocycles. The Bertz CT molecular complexity index is 1450. The average Bonchev–Trinajstić information content (AvgIpc) is 3.60. The van der Waals surface area contributed by atoms with Gasteiger partial charge in [-0.2, -0.15) is 10.4 Å². The van der Waals surface area contributed by atoms with Crippen molar-refractivity contribution < 1.29 is 23.4 Å². The van der Waals surface area contributed by atoms with Crippen LogP contribution in [-0.4, -0.2) is 52.0 Å². The molecule has 0 amide bonds. The van der Waals surface area contributed by atoms with Gasteiger partial charge >= 0.3 is 8.60 Å². The van der Waals surface area contributed by atoms with Gasteiger partial charge in [0.15, 0.2) is 5.82 Å². The van der Waals surface area contributed by atoms with Crippen molar-refractivity contribution in [1.29, 1.82) is 10.5 Å². The topological polar surface area (TPSA) is 161 Å². The van der Waals surface area contributed by atoms with Gasteiger partial charge in [0, 0.05) is 24.4 Å². The molecule has 3 N–H and O–H groups in total. The zero-order valence-electron chi connectivity index (χ0n) is 32.0. The van der Waals surface area contributed by atoms with Crippen LogP contribution in [0.2, 0.25) is 5.02 Å². The number of nitrogen functional groups attached to an aromatic ring is 1. The molecule has 0 fully saturated rings. The van der Waals surface area contributed by atoms with Crippen LogP contribution in [0.4, 0.5) is 5.82 Å². The van der Waals surface area contributed by atoms with E-state index in [0.29, 0.717) is 35.9 Å². The number of halogens is 1.